The number of carbonyl (C=O) groups excluding carboxylic acids is 1. The Labute approximate surface area is 255 Å². The zero-order valence-electron chi connectivity index (χ0n) is 27.5. The molecule has 0 radical (unpaired) electrons. The van der Waals surface area contributed by atoms with Crippen molar-refractivity contribution in [2.24, 2.45) is 17.8 Å². The average molecular weight is 591 g/mol. The fourth-order valence-electron chi connectivity index (χ4n) is 4.98. The molecule has 0 aromatic rings. The molecule has 1 saturated heterocycles. The highest BCUT2D eigenvalue weighted by atomic mass is 16.5. The number of rotatable bonds is 21. The van der Waals surface area contributed by atoms with Crippen molar-refractivity contribution in [2.45, 2.75) is 97.2 Å². The topological polar surface area (TPSA) is 83.5 Å². The molecular weight excluding hydrogens is 532 g/mol. The van der Waals surface area contributed by atoms with E-state index in [2.05, 4.69) is 59.9 Å². The van der Waals surface area contributed by atoms with Gasteiger partial charge in [-0.05, 0) is 69.9 Å². The van der Waals surface area contributed by atoms with Crippen LogP contribution < -0.4 is 0 Å². The molecule has 1 heterocycles. The Morgan fingerprint density at radius 3 is 2.38 bits per heavy atom. The van der Waals surface area contributed by atoms with Gasteiger partial charge in [0.25, 0.3) is 0 Å². The number of allylic oxidation sites excluding steroid dienone is 6. The normalized spacial score (nSPS) is 23.0. The predicted octanol–water partition coefficient (Wildman–Crippen LogP) is 6.43. The number of aliphatic hydroxyl groups is 1. The molecule has 240 valence electrons. The van der Waals surface area contributed by atoms with Crippen LogP contribution in [0, 0.1) is 17.8 Å². The van der Waals surface area contributed by atoms with E-state index in [0.717, 1.165) is 24.8 Å². The molecule has 1 aliphatic heterocycles. The minimum Gasteiger partial charge on any atom is -0.386 e. The first-order chi connectivity index (χ1) is 19.9. The van der Waals surface area contributed by atoms with E-state index in [9.17, 15) is 9.90 Å². The highest BCUT2D eigenvalue weighted by Gasteiger charge is 2.36. The summed E-state index contributed by atoms with van der Waals surface area (Å²) in [6.07, 6.45) is 13.4. The van der Waals surface area contributed by atoms with Crippen LogP contribution in [0.25, 0.3) is 0 Å². The van der Waals surface area contributed by atoms with Crippen molar-refractivity contribution in [1.29, 1.82) is 0 Å². The van der Waals surface area contributed by atoms with Gasteiger partial charge in [0.2, 0.25) is 0 Å². The SMILES string of the molecule is C=C[C@H](C[C@H](C)/C=C/C=C/C=C(\C)C(C[C@@H]1CCC(C)C(C)(C)O1)OCCOCCOC)C(=O)[C@H](OC)[C@H](O)C(=C)C. The van der Waals surface area contributed by atoms with Crippen LogP contribution in [0.2, 0.25) is 0 Å². The quantitative estimate of drug-likeness (QED) is 0.0937. The second-order valence-electron chi connectivity index (χ2n) is 12.1. The van der Waals surface area contributed by atoms with Crippen molar-refractivity contribution in [3.05, 3.63) is 60.8 Å². The van der Waals surface area contributed by atoms with Crippen molar-refractivity contribution in [2.75, 3.05) is 40.6 Å². The Morgan fingerprint density at radius 2 is 1.79 bits per heavy atom. The van der Waals surface area contributed by atoms with Gasteiger partial charge in [-0.2, -0.15) is 0 Å². The standard InChI is InChI=1S/C35H58O7/c1-11-29(33(37)34(39-10)32(36)25(2)3)23-26(4)15-13-12-14-16-27(5)31(41-22-21-40-20-19-38-9)24-30-18-17-28(6)35(7,8)42-30/h11-16,26,28-32,34,36H,1-2,17-24H2,3-10H3/b14-12+,15-13+,27-16+/t26-,28?,29-,30+,31?,32-,34-/m1/s1. The van der Waals surface area contributed by atoms with Crippen LogP contribution in [-0.4, -0.2) is 81.6 Å². The summed E-state index contributed by atoms with van der Waals surface area (Å²) in [7, 11) is 3.09. The van der Waals surface area contributed by atoms with E-state index in [1.807, 2.05) is 18.2 Å². The molecule has 0 aromatic carbocycles. The van der Waals surface area contributed by atoms with E-state index in [1.54, 1.807) is 20.1 Å². The predicted molar refractivity (Wildman–Crippen MR) is 171 cm³/mol. The van der Waals surface area contributed by atoms with Crippen LogP contribution >= 0.6 is 0 Å². The molecule has 0 amide bonds. The third-order valence-corrected chi connectivity index (χ3v) is 8.16. The van der Waals surface area contributed by atoms with Gasteiger partial charge < -0.3 is 28.8 Å². The third-order valence-electron chi connectivity index (χ3n) is 8.16. The molecule has 2 unspecified atom stereocenters. The molecule has 0 bridgehead atoms. The lowest BCUT2D eigenvalue weighted by Gasteiger charge is -2.42. The highest BCUT2D eigenvalue weighted by molar-refractivity contribution is 5.87. The number of carbonyl (C=O) groups is 1. The van der Waals surface area contributed by atoms with Crippen LogP contribution in [-0.2, 0) is 28.5 Å². The molecular formula is C35H58O7. The largest absolute Gasteiger partial charge is 0.386 e. The van der Waals surface area contributed by atoms with Crippen molar-refractivity contribution >= 4 is 5.78 Å². The van der Waals surface area contributed by atoms with Gasteiger partial charge in [0.1, 0.15) is 12.2 Å². The zero-order valence-corrected chi connectivity index (χ0v) is 27.5. The Bertz CT molecular complexity index is 903. The van der Waals surface area contributed by atoms with Crippen molar-refractivity contribution < 1.29 is 33.6 Å². The summed E-state index contributed by atoms with van der Waals surface area (Å²) in [5.74, 6) is 0.0307. The zero-order chi connectivity index (χ0) is 31.7. The van der Waals surface area contributed by atoms with Crippen LogP contribution in [0.15, 0.2) is 60.8 Å². The molecule has 7 heteroatoms. The lowest BCUT2D eigenvalue weighted by molar-refractivity contribution is -0.148. The maximum absolute atomic E-state index is 13.0. The number of hydrogen-bond donors (Lipinski definition) is 1. The van der Waals surface area contributed by atoms with Gasteiger partial charge in [-0.25, -0.2) is 0 Å². The molecule has 0 saturated carbocycles. The van der Waals surface area contributed by atoms with Gasteiger partial charge >= 0.3 is 0 Å². The number of Topliss-reactive ketones (excluding diaryl/α,β-unsaturated/α-hetero) is 1. The fourth-order valence-corrected chi connectivity index (χ4v) is 4.98. The minimum atomic E-state index is -1.04. The first-order valence-electron chi connectivity index (χ1n) is 15.3. The van der Waals surface area contributed by atoms with E-state index in [0.29, 0.717) is 44.3 Å². The second-order valence-corrected chi connectivity index (χ2v) is 12.1. The number of methoxy groups -OCH3 is 2. The molecule has 1 N–H and O–H groups in total. The third kappa shape index (κ3) is 13.6. The number of ether oxygens (including phenoxy) is 5. The molecule has 7 atom stereocenters. The molecule has 42 heavy (non-hydrogen) atoms. The Morgan fingerprint density at radius 1 is 1.10 bits per heavy atom. The summed E-state index contributed by atoms with van der Waals surface area (Å²) < 4.78 is 28.7. The number of ketones is 1. The van der Waals surface area contributed by atoms with Crippen LogP contribution in [0.3, 0.4) is 0 Å². The molecule has 0 spiro atoms. The van der Waals surface area contributed by atoms with E-state index in [1.165, 1.54) is 7.11 Å². The number of hydrogen-bond acceptors (Lipinski definition) is 7. The Kier molecular flexibility index (Phi) is 18.3. The number of aliphatic hydroxyl groups excluding tert-OH is 1. The maximum Gasteiger partial charge on any atom is 0.171 e. The summed E-state index contributed by atoms with van der Waals surface area (Å²) in [6.45, 7) is 22.2. The van der Waals surface area contributed by atoms with Gasteiger partial charge in [-0.3, -0.25) is 4.79 Å². The van der Waals surface area contributed by atoms with Gasteiger partial charge in [-0.1, -0.05) is 56.9 Å². The minimum absolute atomic E-state index is 0.0690. The van der Waals surface area contributed by atoms with Gasteiger partial charge in [0, 0.05) is 26.6 Å². The molecule has 1 rings (SSSR count). The molecule has 1 aliphatic rings. The first kappa shape index (κ1) is 38.2. The smallest absolute Gasteiger partial charge is 0.171 e. The Hall–Kier alpha value is -1.87. The summed E-state index contributed by atoms with van der Waals surface area (Å²) in [6, 6.07) is 0. The summed E-state index contributed by atoms with van der Waals surface area (Å²) >= 11 is 0. The van der Waals surface area contributed by atoms with E-state index >= 15 is 0 Å². The lowest BCUT2D eigenvalue weighted by Crippen LogP contribution is -2.43. The molecule has 7 nitrogen and oxygen atoms in total. The lowest BCUT2D eigenvalue weighted by atomic mass is 9.83. The van der Waals surface area contributed by atoms with Crippen molar-refractivity contribution in [3.63, 3.8) is 0 Å². The first-order valence-corrected chi connectivity index (χ1v) is 15.3. The highest BCUT2D eigenvalue weighted by Crippen LogP contribution is 2.35. The molecule has 0 aromatic heterocycles. The van der Waals surface area contributed by atoms with Gasteiger partial charge in [0.15, 0.2) is 5.78 Å². The van der Waals surface area contributed by atoms with Gasteiger partial charge in [0.05, 0.1) is 44.2 Å². The van der Waals surface area contributed by atoms with E-state index in [4.69, 9.17) is 23.7 Å². The molecule has 1 fully saturated rings. The Balaban J connectivity index is 2.79. The second kappa shape index (κ2) is 20.2. The average Bonchev–Trinajstić information content (AvgIpc) is 2.94. The van der Waals surface area contributed by atoms with Crippen molar-refractivity contribution in [3.8, 4) is 0 Å². The summed E-state index contributed by atoms with van der Waals surface area (Å²) in [5.41, 5.74) is 1.48. The molecule has 0 aliphatic carbocycles. The monoisotopic (exact) mass is 590 g/mol. The van der Waals surface area contributed by atoms with Gasteiger partial charge in [-0.15, -0.1) is 6.58 Å². The van der Waals surface area contributed by atoms with Crippen LogP contribution in [0.4, 0.5) is 0 Å². The maximum atomic E-state index is 13.0. The summed E-state index contributed by atoms with van der Waals surface area (Å²) in [5, 5.41) is 10.3. The van der Waals surface area contributed by atoms with Crippen molar-refractivity contribution in [1.82, 2.24) is 0 Å². The summed E-state index contributed by atoms with van der Waals surface area (Å²) in [4.78, 5) is 13.0. The van der Waals surface area contributed by atoms with Crippen LogP contribution in [0.5, 0.6) is 0 Å². The van der Waals surface area contributed by atoms with Crippen LogP contribution in [0.1, 0.15) is 67.2 Å². The van der Waals surface area contributed by atoms with E-state index in [-0.39, 0.29) is 29.5 Å². The fraction of sp³-hybridized carbons (Fsp3) is 0.686. The van der Waals surface area contributed by atoms with E-state index < -0.39 is 18.1 Å².